The van der Waals surface area contributed by atoms with Gasteiger partial charge in [0.2, 0.25) is 5.91 Å². The fraction of sp³-hybridized carbons (Fsp3) is 0.737. The minimum absolute atomic E-state index is 0.0320. The molecule has 1 amide bonds. The highest BCUT2D eigenvalue weighted by atomic mass is 16.2. The number of hydrogen-bond acceptors (Lipinski definition) is 3. The molecule has 1 aromatic rings. The first-order valence-electron chi connectivity index (χ1n) is 9.40. The van der Waals surface area contributed by atoms with Gasteiger partial charge in [0.05, 0.1) is 31.2 Å². The molecule has 1 aromatic heterocycles. The third-order valence-electron chi connectivity index (χ3n) is 5.86. The van der Waals surface area contributed by atoms with Crippen molar-refractivity contribution in [1.29, 1.82) is 0 Å². The van der Waals surface area contributed by atoms with Crippen molar-refractivity contribution in [3.63, 3.8) is 0 Å². The average Bonchev–Trinajstić information content (AvgIpc) is 3.04. The predicted molar refractivity (Wildman–Crippen MR) is 97.3 cm³/mol. The molecule has 0 saturated carbocycles. The van der Waals surface area contributed by atoms with Gasteiger partial charge in [-0.1, -0.05) is 32.1 Å². The molecule has 3 saturated heterocycles. The van der Waals surface area contributed by atoms with E-state index in [0.717, 1.165) is 31.6 Å². The molecular weight excluding hydrogens is 314 g/mol. The Morgan fingerprint density at radius 2 is 2.28 bits per heavy atom. The highest BCUT2D eigenvalue weighted by molar-refractivity contribution is 5.79. The molecule has 0 aliphatic carbocycles. The second-order valence-corrected chi connectivity index (χ2v) is 8.78. The highest BCUT2D eigenvalue weighted by Crippen LogP contribution is 2.29. The van der Waals surface area contributed by atoms with Gasteiger partial charge in [0, 0.05) is 38.0 Å². The molecule has 6 nitrogen and oxygen atoms in total. The van der Waals surface area contributed by atoms with Gasteiger partial charge in [0.25, 0.3) is 0 Å². The topological polar surface area (TPSA) is 55.5 Å². The maximum absolute atomic E-state index is 12.7. The van der Waals surface area contributed by atoms with Gasteiger partial charge in [-0.3, -0.25) is 4.79 Å². The van der Waals surface area contributed by atoms with Crippen molar-refractivity contribution in [2.24, 2.45) is 11.8 Å². The maximum Gasteiger partial charge on any atom is 0.231 e. The molecule has 3 aliphatic heterocycles. The van der Waals surface area contributed by atoms with E-state index in [0.29, 0.717) is 18.5 Å². The number of nitrogens with one attached hydrogen (secondary N) is 1. The Morgan fingerprint density at radius 3 is 2.84 bits per heavy atom. The number of rotatable bonds is 5. The number of piperidine rings is 3. The molecular formula is C19H32N5O+. The van der Waals surface area contributed by atoms with Gasteiger partial charge >= 0.3 is 0 Å². The summed E-state index contributed by atoms with van der Waals surface area (Å²) in [5, 5.41) is 8.67. The minimum Gasteiger partial charge on any atom is -0.342 e. The van der Waals surface area contributed by atoms with Gasteiger partial charge in [-0.15, -0.1) is 11.7 Å². The van der Waals surface area contributed by atoms with Gasteiger partial charge in [0.1, 0.15) is 6.04 Å². The Balaban J connectivity index is 1.63. The molecule has 2 bridgehead atoms. The molecule has 25 heavy (non-hydrogen) atoms. The smallest absolute Gasteiger partial charge is 0.231 e. The summed E-state index contributed by atoms with van der Waals surface area (Å²) < 4.78 is 2.00. The van der Waals surface area contributed by atoms with Crippen LogP contribution in [0.2, 0.25) is 0 Å². The zero-order chi connectivity index (χ0) is 18.2. The van der Waals surface area contributed by atoms with E-state index in [-0.39, 0.29) is 17.2 Å². The maximum atomic E-state index is 12.7. The molecule has 4 rings (SSSR count). The zero-order valence-electron chi connectivity index (χ0n) is 16.0. The van der Waals surface area contributed by atoms with Crippen LogP contribution in [0, 0.1) is 11.8 Å². The molecule has 3 aliphatic rings. The van der Waals surface area contributed by atoms with Crippen LogP contribution in [0.15, 0.2) is 18.9 Å². The van der Waals surface area contributed by atoms with Crippen molar-refractivity contribution in [1.82, 2.24) is 19.9 Å². The summed E-state index contributed by atoms with van der Waals surface area (Å²) in [6, 6.07) is 0.544. The van der Waals surface area contributed by atoms with Crippen molar-refractivity contribution >= 4 is 5.91 Å². The lowest BCUT2D eigenvalue weighted by atomic mass is 9.75. The molecule has 1 unspecified atom stereocenters. The van der Waals surface area contributed by atoms with Crippen LogP contribution in [0.4, 0.5) is 0 Å². The van der Waals surface area contributed by atoms with Crippen LogP contribution in [-0.2, 0) is 16.8 Å². The van der Waals surface area contributed by atoms with Crippen molar-refractivity contribution in [3.8, 4) is 0 Å². The number of fused-ring (bicyclic) bond motifs is 3. The molecule has 6 heteroatoms. The molecule has 0 radical (unpaired) electrons. The molecule has 138 valence electrons. The third kappa shape index (κ3) is 3.78. The number of quaternary nitrogens is 1. The minimum atomic E-state index is 0.0320. The molecule has 4 atom stereocenters. The van der Waals surface area contributed by atoms with Crippen LogP contribution in [-0.4, -0.2) is 58.5 Å². The summed E-state index contributed by atoms with van der Waals surface area (Å²) in [5.41, 5.74) is 1.07. The predicted octanol–water partition coefficient (Wildman–Crippen LogP) is 0.513. The normalized spacial score (nSPS) is 28.8. The van der Waals surface area contributed by atoms with Crippen LogP contribution in [0.5, 0.6) is 0 Å². The number of nitrogens with zero attached hydrogens (tertiary/aromatic N) is 4. The van der Waals surface area contributed by atoms with Crippen LogP contribution in [0.1, 0.15) is 39.3 Å². The fourth-order valence-electron chi connectivity index (χ4n) is 4.32. The Hall–Kier alpha value is -1.69. The largest absolute Gasteiger partial charge is 0.342 e. The summed E-state index contributed by atoms with van der Waals surface area (Å²) in [7, 11) is 1.89. The number of likely N-dealkylation sites (N-methyl/N-ethyl adjacent to an activating group) is 1. The van der Waals surface area contributed by atoms with Crippen LogP contribution < -0.4 is 4.90 Å². The van der Waals surface area contributed by atoms with Crippen molar-refractivity contribution in [3.05, 3.63) is 24.5 Å². The Morgan fingerprint density at radius 1 is 1.52 bits per heavy atom. The summed E-state index contributed by atoms with van der Waals surface area (Å²) in [5.74, 6) is 0.968. The number of carbonyl (C=O) groups excluding carboxylic acids is 1. The second-order valence-electron chi connectivity index (χ2n) is 8.78. The van der Waals surface area contributed by atoms with Gasteiger partial charge in [-0.05, 0) is 5.92 Å². The van der Waals surface area contributed by atoms with E-state index < -0.39 is 0 Å². The second kappa shape index (κ2) is 6.90. The van der Waals surface area contributed by atoms with E-state index >= 15 is 0 Å². The lowest BCUT2D eigenvalue weighted by molar-refractivity contribution is -0.945. The fourth-order valence-corrected chi connectivity index (χ4v) is 4.32. The summed E-state index contributed by atoms with van der Waals surface area (Å²) >= 11 is 0. The Bertz CT molecular complexity index is 632. The van der Waals surface area contributed by atoms with Gasteiger partial charge < -0.3 is 9.80 Å². The van der Waals surface area contributed by atoms with E-state index in [1.807, 2.05) is 16.6 Å². The van der Waals surface area contributed by atoms with Crippen LogP contribution >= 0.6 is 0 Å². The number of hydrogen-bond donors (Lipinski definition) is 1. The number of carbonyl (C=O) groups is 1. The van der Waals surface area contributed by atoms with E-state index in [4.69, 9.17) is 0 Å². The quantitative estimate of drug-likeness (QED) is 0.791. The first-order valence-corrected chi connectivity index (χ1v) is 9.40. The van der Waals surface area contributed by atoms with E-state index in [9.17, 15) is 4.79 Å². The summed E-state index contributed by atoms with van der Waals surface area (Å²) in [6.45, 7) is 13.9. The van der Waals surface area contributed by atoms with E-state index in [1.165, 1.54) is 6.54 Å². The highest BCUT2D eigenvalue weighted by Gasteiger charge is 2.47. The van der Waals surface area contributed by atoms with Crippen LogP contribution in [0.25, 0.3) is 0 Å². The SMILES string of the molecule is C=CCN(C)C(=O)[C@H]1C[NH+]2CC[C@@H]1C[C@@H]2Cn1cc(C(C)(C)C)nn1. The molecule has 4 heterocycles. The number of amides is 1. The monoisotopic (exact) mass is 346 g/mol. The average molecular weight is 346 g/mol. The van der Waals surface area contributed by atoms with Crippen molar-refractivity contribution in [2.45, 2.75) is 51.6 Å². The summed E-state index contributed by atoms with van der Waals surface area (Å²) in [4.78, 5) is 16.1. The standard InChI is InChI=1S/C19H31N5O/c1-6-8-22(5)18(25)16-12-23-9-7-14(16)10-15(23)11-24-13-17(20-21-24)19(2,3)4/h6,13-16H,1,7-12H2,2-5H3/p+1/t14-,15-,16+/m1/s1. The van der Waals surface area contributed by atoms with Gasteiger partial charge in [0.15, 0.2) is 0 Å². The Kier molecular flexibility index (Phi) is 5.00. The molecule has 0 spiro atoms. The lowest BCUT2D eigenvalue weighted by Crippen LogP contribution is -3.20. The van der Waals surface area contributed by atoms with Gasteiger partial charge in [-0.25, -0.2) is 4.68 Å². The Labute approximate surface area is 150 Å². The third-order valence-corrected chi connectivity index (χ3v) is 5.86. The summed E-state index contributed by atoms with van der Waals surface area (Å²) in [6.07, 6.45) is 6.16. The number of aromatic nitrogens is 3. The first-order chi connectivity index (χ1) is 11.8. The molecule has 3 fully saturated rings. The lowest BCUT2D eigenvalue weighted by Gasteiger charge is -2.46. The first kappa shape index (κ1) is 18.1. The molecule has 1 N–H and O–H groups in total. The van der Waals surface area contributed by atoms with E-state index in [2.05, 4.69) is 43.9 Å². The van der Waals surface area contributed by atoms with E-state index in [1.54, 1.807) is 11.0 Å². The van der Waals surface area contributed by atoms with Gasteiger partial charge in [-0.2, -0.15) is 0 Å². The van der Waals surface area contributed by atoms with Crippen molar-refractivity contribution < 1.29 is 9.69 Å². The zero-order valence-corrected chi connectivity index (χ0v) is 16.0. The van der Waals surface area contributed by atoms with Crippen LogP contribution in [0.3, 0.4) is 0 Å². The van der Waals surface area contributed by atoms with Crippen molar-refractivity contribution in [2.75, 3.05) is 26.7 Å². The molecule has 0 aromatic carbocycles.